The van der Waals surface area contributed by atoms with Crippen LogP contribution in [0.3, 0.4) is 0 Å². The van der Waals surface area contributed by atoms with Gasteiger partial charge in [-0.3, -0.25) is 0 Å². The average molecular weight is 589 g/mol. The first-order valence-electron chi connectivity index (χ1n) is 14.2. The normalized spacial score (nSPS) is 25.6. The summed E-state index contributed by atoms with van der Waals surface area (Å²) in [6, 6.07) is 1.09. The van der Waals surface area contributed by atoms with Crippen LogP contribution in [0.1, 0.15) is 43.9 Å². The molecule has 3 fully saturated rings. The molecule has 6 heterocycles. The summed E-state index contributed by atoms with van der Waals surface area (Å²) in [6.07, 6.45) is -1.43. The van der Waals surface area contributed by atoms with Crippen molar-refractivity contribution in [1.82, 2.24) is 30.6 Å². The maximum Gasteiger partial charge on any atom is 0.418 e. The second-order valence-electron chi connectivity index (χ2n) is 12.0. The smallest absolute Gasteiger partial charge is 0.418 e. The van der Waals surface area contributed by atoms with E-state index in [9.17, 15) is 13.2 Å². The van der Waals surface area contributed by atoms with Crippen molar-refractivity contribution in [3.63, 3.8) is 0 Å². The first-order chi connectivity index (χ1) is 20.0. The SMILES string of the molecule is CNCC1(COc2nc3c4c(nc(-c5cc(N)nc(C)c5C(F)(F)F)c(F)c4n2)O[C@@H](C)[C@@H]2[C@@H]4CC[C@H](CN32)N4)CC1. The zero-order valence-corrected chi connectivity index (χ0v) is 23.5. The third kappa shape index (κ3) is 4.37. The molecule has 10 nitrogen and oxygen atoms in total. The number of piperazine rings is 1. The van der Waals surface area contributed by atoms with Crippen LogP contribution in [0, 0.1) is 18.2 Å². The van der Waals surface area contributed by atoms with E-state index in [2.05, 4.69) is 30.5 Å². The lowest BCUT2D eigenvalue weighted by atomic mass is 9.99. The molecule has 0 amide bonds. The molecule has 3 aromatic rings. The third-order valence-corrected chi connectivity index (χ3v) is 9.00. The number of hydrogen-bond donors (Lipinski definition) is 3. The second kappa shape index (κ2) is 9.49. The number of pyridine rings is 2. The molecular formula is C28H32F4N8O2. The molecule has 7 rings (SSSR count). The van der Waals surface area contributed by atoms with Crippen LogP contribution in [0.5, 0.6) is 11.9 Å². The first-order valence-corrected chi connectivity index (χ1v) is 14.2. The van der Waals surface area contributed by atoms with Gasteiger partial charge in [0.25, 0.3) is 0 Å². The fourth-order valence-electron chi connectivity index (χ4n) is 6.92. The number of rotatable bonds is 6. The molecule has 3 aliphatic heterocycles. The van der Waals surface area contributed by atoms with Gasteiger partial charge in [0.2, 0.25) is 5.88 Å². The molecular weight excluding hydrogens is 556 g/mol. The standard InChI is InChI=1S/C28H32F4N8O2/c1-12-19(28(30,31)32)15(8-17(33)35-12)21-20(29)22-18-24(39-26(38-22)41-11-27(6-7-27)10-34-3)40-9-14-4-5-16(36-14)23(40)13(2)42-25(18)37-21/h8,13-14,16,23,34,36H,4-7,9-11H2,1-3H3,(H2,33,35)/t13-,14+,16-,23+/m0/s1. The number of nitrogens with zero attached hydrogens (tertiary/aromatic N) is 5. The monoisotopic (exact) mass is 588 g/mol. The molecule has 224 valence electrons. The van der Waals surface area contributed by atoms with Gasteiger partial charge in [0, 0.05) is 36.2 Å². The Kier molecular flexibility index (Phi) is 6.18. The highest BCUT2D eigenvalue weighted by molar-refractivity contribution is 5.97. The molecule has 0 spiro atoms. The molecule has 1 aliphatic carbocycles. The van der Waals surface area contributed by atoms with E-state index < -0.39 is 34.9 Å². The highest BCUT2D eigenvalue weighted by Crippen LogP contribution is 2.48. The summed E-state index contributed by atoms with van der Waals surface area (Å²) in [7, 11) is 1.87. The van der Waals surface area contributed by atoms with Crippen LogP contribution in [-0.4, -0.2) is 70.9 Å². The Morgan fingerprint density at radius 1 is 1.21 bits per heavy atom. The summed E-state index contributed by atoms with van der Waals surface area (Å²) in [5.74, 6) is -0.851. The van der Waals surface area contributed by atoms with Crippen molar-refractivity contribution in [3.05, 3.63) is 23.1 Å². The summed E-state index contributed by atoms with van der Waals surface area (Å²) >= 11 is 0. The van der Waals surface area contributed by atoms with Gasteiger partial charge in [-0.1, -0.05) is 0 Å². The van der Waals surface area contributed by atoms with Gasteiger partial charge in [-0.25, -0.2) is 14.4 Å². The predicted molar refractivity (Wildman–Crippen MR) is 147 cm³/mol. The van der Waals surface area contributed by atoms with Gasteiger partial charge >= 0.3 is 12.2 Å². The van der Waals surface area contributed by atoms with Gasteiger partial charge in [-0.15, -0.1) is 0 Å². The van der Waals surface area contributed by atoms with Gasteiger partial charge in [0.1, 0.15) is 34.3 Å². The minimum Gasteiger partial charge on any atom is -0.472 e. The fraction of sp³-hybridized carbons (Fsp3) is 0.571. The summed E-state index contributed by atoms with van der Waals surface area (Å²) in [6.45, 7) is 4.74. The Morgan fingerprint density at radius 3 is 2.71 bits per heavy atom. The number of nitrogens with two attached hydrogens (primary N) is 1. The summed E-state index contributed by atoms with van der Waals surface area (Å²) in [5, 5.41) is 7.02. The van der Waals surface area contributed by atoms with Crippen molar-refractivity contribution in [2.45, 2.75) is 69.9 Å². The lowest BCUT2D eigenvalue weighted by Gasteiger charge is -2.42. The Labute approximate surface area is 239 Å². The maximum atomic E-state index is 16.6. The van der Waals surface area contributed by atoms with Crippen LogP contribution >= 0.6 is 0 Å². The Hall–Kier alpha value is -3.52. The van der Waals surface area contributed by atoms with E-state index in [1.165, 1.54) is 6.92 Å². The number of aryl methyl sites for hydroxylation is 1. The van der Waals surface area contributed by atoms with Crippen LogP contribution in [0.25, 0.3) is 22.2 Å². The number of aromatic nitrogens is 4. The van der Waals surface area contributed by atoms with Crippen molar-refractivity contribution in [2.24, 2.45) is 5.41 Å². The third-order valence-electron chi connectivity index (χ3n) is 9.00. The van der Waals surface area contributed by atoms with E-state index in [-0.39, 0.29) is 57.8 Å². The number of anilines is 2. The van der Waals surface area contributed by atoms with E-state index in [0.29, 0.717) is 19.0 Å². The summed E-state index contributed by atoms with van der Waals surface area (Å²) in [4.78, 5) is 19.5. The molecule has 0 unspecified atom stereocenters. The molecule has 3 aromatic heterocycles. The molecule has 14 heteroatoms. The zero-order valence-electron chi connectivity index (χ0n) is 23.5. The molecule has 2 saturated heterocycles. The minimum atomic E-state index is -4.84. The maximum absolute atomic E-state index is 16.6. The summed E-state index contributed by atoms with van der Waals surface area (Å²) < 4.78 is 71.8. The van der Waals surface area contributed by atoms with Crippen molar-refractivity contribution in [3.8, 4) is 23.1 Å². The van der Waals surface area contributed by atoms with Gasteiger partial charge in [-0.05, 0) is 52.6 Å². The van der Waals surface area contributed by atoms with Crippen molar-refractivity contribution < 1.29 is 27.0 Å². The Morgan fingerprint density at radius 2 is 2.00 bits per heavy atom. The zero-order chi connectivity index (χ0) is 29.6. The topological polar surface area (TPSA) is 123 Å². The first kappa shape index (κ1) is 27.3. The molecule has 1 saturated carbocycles. The largest absolute Gasteiger partial charge is 0.472 e. The molecule has 0 radical (unpaired) electrons. The van der Waals surface area contributed by atoms with Crippen LogP contribution in [-0.2, 0) is 6.18 Å². The van der Waals surface area contributed by atoms with Gasteiger partial charge in [-0.2, -0.15) is 23.1 Å². The van der Waals surface area contributed by atoms with Crippen LogP contribution in [0.4, 0.5) is 29.2 Å². The second-order valence-corrected chi connectivity index (χ2v) is 12.0. The number of ether oxygens (including phenoxy) is 2. The van der Waals surface area contributed by atoms with Crippen LogP contribution in [0.15, 0.2) is 6.07 Å². The minimum absolute atomic E-state index is 0.0317. The lowest BCUT2D eigenvalue weighted by Crippen LogP contribution is -2.62. The highest BCUT2D eigenvalue weighted by Gasteiger charge is 2.48. The number of alkyl halides is 3. The average Bonchev–Trinajstić information content (AvgIpc) is 3.61. The lowest BCUT2D eigenvalue weighted by molar-refractivity contribution is -0.137. The van der Waals surface area contributed by atoms with E-state index in [1.54, 1.807) is 0 Å². The van der Waals surface area contributed by atoms with Gasteiger partial charge in [0.05, 0.1) is 23.9 Å². The van der Waals surface area contributed by atoms with E-state index in [0.717, 1.165) is 38.3 Å². The summed E-state index contributed by atoms with van der Waals surface area (Å²) in [5.41, 5.74) is 2.97. The molecule has 42 heavy (non-hydrogen) atoms. The van der Waals surface area contributed by atoms with Crippen molar-refractivity contribution >= 4 is 22.5 Å². The van der Waals surface area contributed by atoms with Crippen molar-refractivity contribution in [2.75, 3.05) is 37.4 Å². The van der Waals surface area contributed by atoms with E-state index in [4.69, 9.17) is 20.2 Å². The molecule has 4 aliphatic rings. The van der Waals surface area contributed by atoms with Gasteiger partial charge < -0.3 is 30.7 Å². The quantitative estimate of drug-likeness (QED) is 0.368. The number of hydrogen-bond acceptors (Lipinski definition) is 10. The fourth-order valence-corrected chi connectivity index (χ4v) is 6.92. The number of halogens is 4. The van der Waals surface area contributed by atoms with Crippen LogP contribution in [0.2, 0.25) is 0 Å². The Balaban J connectivity index is 1.45. The molecule has 4 atom stereocenters. The van der Waals surface area contributed by atoms with E-state index >= 15 is 4.39 Å². The molecule has 4 N–H and O–H groups in total. The van der Waals surface area contributed by atoms with Crippen LogP contribution < -0.4 is 30.7 Å². The molecule has 2 bridgehead atoms. The predicted octanol–water partition coefficient (Wildman–Crippen LogP) is 3.60. The highest BCUT2D eigenvalue weighted by atomic mass is 19.4. The number of nitrogens with one attached hydrogen (secondary N) is 2. The van der Waals surface area contributed by atoms with E-state index in [1.807, 2.05) is 14.0 Å². The number of nitrogen functional groups attached to an aromatic ring is 1. The molecule has 0 aromatic carbocycles. The van der Waals surface area contributed by atoms with Crippen molar-refractivity contribution in [1.29, 1.82) is 0 Å². The number of fused-ring (bicyclic) bond motifs is 5. The Bertz CT molecular complexity index is 1580. The van der Waals surface area contributed by atoms with Gasteiger partial charge in [0.15, 0.2) is 5.82 Å².